The van der Waals surface area contributed by atoms with Crippen LogP contribution in [0.25, 0.3) is 10.2 Å². The summed E-state index contributed by atoms with van der Waals surface area (Å²) in [7, 11) is 2.08. The molecule has 0 aromatic carbocycles. The van der Waals surface area contributed by atoms with E-state index in [1.807, 2.05) is 0 Å². The van der Waals surface area contributed by atoms with Crippen molar-refractivity contribution in [3.05, 3.63) is 39.7 Å². The first kappa shape index (κ1) is 11.6. The molecule has 0 aliphatic carbocycles. The van der Waals surface area contributed by atoms with Crippen molar-refractivity contribution in [2.24, 2.45) is 0 Å². The largest absolute Gasteiger partial charge is 0.355 e. The predicted octanol–water partition coefficient (Wildman–Crippen LogP) is 3.70. The third-order valence-corrected chi connectivity index (χ3v) is 4.48. The second-order valence-corrected chi connectivity index (χ2v) is 6.28. The molecule has 3 heterocycles. The highest BCUT2D eigenvalue weighted by atomic mass is 32.1. The molecule has 0 aliphatic heterocycles. The fourth-order valence-electron chi connectivity index (χ4n) is 2.00. The molecule has 0 saturated heterocycles. The minimum absolute atomic E-state index is 0.879. The van der Waals surface area contributed by atoms with E-state index in [0.29, 0.717) is 0 Å². The average molecular weight is 275 g/mol. The molecule has 18 heavy (non-hydrogen) atoms. The van der Waals surface area contributed by atoms with Crippen LogP contribution in [-0.2, 0) is 6.54 Å². The third kappa shape index (κ3) is 2.11. The van der Waals surface area contributed by atoms with Crippen molar-refractivity contribution in [1.29, 1.82) is 0 Å². The Morgan fingerprint density at radius 1 is 1.33 bits per heavy atom. The van der Waals surface area contributed by atoms with E-state index in [1.165, 1.54) is 10.4 Å². The molecule has 3 nitrogen and oxygen atoms in total. The lowest BCUT2D eigenvalue weighted by Crippen LogP contribution is -2.17. The van der Waals surface area contributed by atoms with Crippen LogP contribution in [-0.4, -0.2) is 17.0 Å². The summed E-state index contributed by atoms with van der Waals surface area (Å²) >= 11 is 3.44. The molecule has 0 saturated carbocycles. The second kappa shape index (κ2) is 4.66. The van der Waals surface area contributed by atoms with Crippen LogP contribution in [0.15, 0.2) is 29.2 Å². The Morgan fingerprint density at radius 2 is 2.22 bits per heavy atom. The first-order valence-corrected chi connectivity index (χ1v) is 7.43. The Balaban J connectivity index is 1.98. The van der Waals surface area contributed by atoms with Gasteiger partial charge in [0.05, 0.1) is 5.39 Å². The smallest absolute Gasteiger partial charge is 0.140 e. The summed E-state index contributed by atoms with van der Waals surface area (Å²) in [5, 5.41) is 5.43. The van der Waals surface area contributed by atoms with Gasteiger partial charge in [0, 0.05) is 18.5 Å². The van der Waals surface area contributed by atoms with E-state index in [9.17, 15) is 0 Å². The number of aryl methyl sites for hydroxylation is 1. The molecular formula is C13H13N3S2. The summed E-state index contributed by atoms with van der Waals surface area (Å²) < 4.78 is 0. The van der Waals surface area contributed by atoms with E-state index in [2.05, 4.69) is 51.7 Å². The Kier molecular flexibility index (Phi) is 3.01. The number of fused-ring (bicyclic) bond motifs is 1. The molecule has 5 heteroatoms. The SMILES string of the molecule is Cc1cc2c(N(C)Cc3ccsc3)ncnc2s1. The van der Waals surface area contributed by atoms with Gasteiger partial charge in [-0.25, -0.2) is 9.97 Å². The van der Waals surface area contributed by atoms with Gasteiger partial charge in [-0.05, 0) is 35.4 Å². The van der Waals surface area contributed by atoms with Crippen molar-refractivity contribution < 1.29 is 0 Å². The lowest BCUT2D eigenvalue weighted by molar-refractivity contribution is 0.904. The molecule has 0 radical (unpaired) electrons. The molecule has 0 fully saturated rings. The Labute approximate surface area is 114 Å². The van der Waals surface area contributed by atoms with Gasteiger partial charge >= 0.3 is 0 Å². The summed E-state index contributed by atoms with van der Waals surface area (Å²) in [4.78, 5) is 13.3. The van der Waals surface area contributed by atoms with Crippen molar-refractivity contribution in [2.75, 3.05) is 11.9 Å². The number of rotatable bonds is 3. The van der Waals surface area contributed by atoms with Crippen LogP contribution < -0.4 is 4.90 Å². The summed E-state index contributed by atoms with van der Waals surface area (Å²) in [6.07, 6.45) is 1.65. The van der Waals surface area contributed by atoms with Gasteiger partial charge in [-0.2, -0.15) is 11.3 Å². The van der Waals surface area contributed by atoms with Gasteiger partial charge in [0.1, 0.15) is 17.0 Å². The van der Waals surface area contributed by atoms with Crippen LogP contribution >= 0.6 is 22.7 Å². The van der Waals surface area contributed by atoms with Crippen molar-refractivity contribution in [1.82, 2.24) is 9.97 Å². The highest BCUT2D eigenvalue weighted by molar-refractivity contribution is 7.18. The van der Waals surface area contributed by atoms with Crippen LogP contribution in [0.2, 0.25) is 0 Å². The maximum atomic E-state index is 4.43. The molecule has 3 rings (SSSR count). The van der Waals surface area contributed by atoms with E-state index in [4.69, 9.17) is 0 Å². The fourth-order valence-corrected chi connectivity index (χ4v) is 3.50. The lowest BCUT2D eigenvalue weighted by Gasteiger charge is -2.17. The summed E-state index contributed by atoms with van der Waals surface area (Å²) in [6, 6.07) is 4.32. The molecule has 0 spiro atoms. The maximum Gasteiger partial charge on any atom is 0.140 e. The normalized spacial score (nSPS) is 11.0. The highest BCUT2D eigenvalue weighted by Gasteiger charge is 2.11. The van der Waals surface area contributed by atoms with E-state index in [0.717, 1.165) is 22.6 Å². The van der Waals surface area contributed by atoms with E-state index < -0.39 is 0 Å². The van der Waals surface area contributed by atoms with E-state index in [1.54, 1.807) is 29.0 Å². The molecule has 0 atom stereocenters. The van der Waals surface area contributed by atoms with E-state index >= 15 is 0 Å². The average Bonchev–Trinajstić information content (AvgIpc) is 2.95. The van der Waals surface area contributed by atoms with Gasteiger partial charge in [0.2, 0.25) is 0 Å². The fraction of sp³-hybridized carbons (Fsp3) is 0.231. The third-order valence-electron chi connectivity index (χ3n) is 2.79. The summed E-state index contributed by atoms with van der Waals surface area (Å²) in [5.41, 5.74) is 1.32. The van der Waals surface area contributed by atoms with E-state index in [-0.39, 0.29) is 0 Å². The summed E-state index contributed by atoms with van der Waals surface area (Å²) in [5.74, 6) is 1.01. The number of hydrogen-bond donors (Lipinski definition) is 0. The number of anilines is 1. The van der Waals surface area contributed by atoms with Gasteiger partial charge in [-0.3, -0.25) is 0 Å². The first-order chi connectivity index (χ1) is 8.74. The predicted molar refractivity (Wildman–Crippen MR) is 78.6 cm³/mol. The summed E-state index contributed by atoms with van der Waals surface area (Å²) in [6.45, 7) is 2.99. The number of hydrogen-bond acceptors (Lipinski definition) is 5. The van der Waals surface area contributed by atoms with Crippen molar-refractivity contribution >= 4 is 38.7 Å². The number of aromatic nitrogens is 2. The molecule has 3 aromatic heterocycles. The Bertz CT molecular complexity index is 658. The zero-order valence-corrected chi connectivity index (χ0v) is 11.9. The number of thiophene rings is 2. The molecule has 0 amide bonds. The van der Waals surface area contributed by atoms with Gasteiger partial charge < -0.3 is 4.90 Å². The van der Waals surface area contributed by atoms with Crippen molar-refractivity contribution in [3.8, 4) is 0 Å². The van der Waals surface area contributed by atoms with Crippen molar-refractivity contribution in [3.63, 3.8) is 0 Å². The minimum atomic E-state index is 0.879. The first-order valence-electron chi connectivity index (χ1n) is 5.67. The van der Waals surface area contributed by atoms with Crippen molar-refractivity contribution in [2.45, 2.75) is 13.5 Å². The number of nitrogens with zero attached hydrogens (tertiary/aromatic N) is 3. The Morgan fingerprint density at radius 3 is 3.00 bits per heavy atom. The van der Waals surface area contributed by atoms with Gasteiger partial charge in [-0.1, -0.05) is 0 Å². The molecule has 0 unspecified atom stereocenters. The standard InChI is InChI=1S/C13H13N3S2/c1-9-5-11-12(14-8-15-13(11)18-9)16(2)6-10-3-4-17-7-10/h3-5,7-8H,6H2,1-2H3. The molecule has 0 aliphatic rings. The van der Waals surface area contributed by atoms with Crippen LogP contribution in [0.4, 0.5) is 5.82 Å². The zero-order valence-electron chi connectivity index (χ0n) is 10.3. The highest BCUT2D eigenvalue weighted by Crippen LogP contribution is 2.29. The molecule has 0 N–H and O–H groups in total. The van der Waals surface area contributed by atoms with Gasteiger partial charge in [-0.15, -0.1) is 11.3 Å². The monoisotopic (exact) mass is 275 g/mol. The van der Waals surface area contributed by atoms with Crippen LogP contribution in [0.1, 0.15) is 10.4 Å². The van der Waals surface area contributed by atoms with Gasteiger partial charge in [0.15, 0.2) is 0 Å². The molecular weight excluding hydrogens is 262 g/mol. The molecule has 0 bridgehead atoms. The lowest BCUT2D eigenvalue weighted by atomic mass is 10.3. The van der Waals surface area contributed by atoms with Gasteiger partial charge in [0.25, 0.3) is 0 Å². The molecule has 92 valence electrons. The second-order valence-electron chi connectivity index (χ2n) is 4.26. The topological polar surface area (TPSA) is 29.0 Å². The van der Waals surface area contributed by atoms with Crippen LogP contribution in [0.5, 0.6) is 0 Å². The molecule has 3 aromatic rings. The Hall–Kier alpha value is -1.46. The van der Waals surface area contributed by atoms with Crippen LogP contribution in [0, 0.1) is 6.92 Å². The van der Waals surface area contributed by atoms with Crippen LogP contribution in [0.3, 0.4) is 0 Å². The quantitative estimate of drug-likeness (QED) is 0.730. The minimum Gasteiger partial charge on any atom is -0.355 e. The maximum absolute atomic E-state index is 4.43. The zero-order chi connectivity index (χ0) is 12.5.